The molecule has 1 heterocycles. The van der Waals surface area contributed by atoms with Crippen molar-refractivity contribution in [3.05, 3.63) is 0 Å². The van der Waals surface area contributed by atoms with Crippen molar-refractivity contribution in [2.24, 2.45) is 0 Å². The molecule has 3 amide bonds. The molecule has 1 saturated heterocycles. The summed E-state index contributed by atoms with van der Waals surface area (Å²) in [4.78, 5) is 25.7. The van der Waals surface area contributed by atoms with Crippen LogP contribution < -0.4 is 10.6 Å². The van der Waals surface area contributed by atoms with Gasteiger partial charge in [-0.2, -0.15) is 0 Å². The van der Waals surface area contributed by atoms with Gasteiger partial charge >= 0.3 is 6.03 Å². The van der Waals surface area contributed by atoms with Crippen LogP contribution in [0.1, 0.15) is 46.0 Å². The summed E-state index contributed by atoms with van der Waals surface area (Å²) >= 11 is 0. The number of carbonyl (C=O) groups is 2. The van der Waals surface area contributed by atoms with Gasteiger partial charge in [-0.25, -0.2) is 4.79 Å². The van der Waals surface area contributed by atoms with Crippen molar-refractivity contribution in [3.63, 3.8) is 0 Å². The summed E-state index contributed by atoms with van der Waals surface area (Å²) in [5, 5.41) is 5.62. The van der Waals surface area contributed by atoms with E-state index in [0.29, 0.717) is 19.7 Å². The molecule has 2 aliphatic rings. The zero-order chi connectivity index (χ0) is 15.3. The van der Waals surface area contributed by atoms with Gasteiger partial charge in [-0.15, -0.1) is 0 Å². The molecule has 0 atom stereocenters. The molecule has 2 rings (SSSR count). The Morgan fingerprint density at radius 1 is 1.24 bits per heavy atom. The Balaban J connectivity index is 1.69. The lowest BCUT2D eigenvalue weighted by Crippen LogP contribution is -2.53. The summed E-state index contributed by atoms with van der Waals surface area (Å²) in [5.74, 6) is -0.0508. The first-order chi connectivity index (χ1) is 9.96. The third kappa shape index (κ3) is 5.19. The second-order valence-electron chi connectivity index (χ2n) is 6.59. The van der Waals surface area contributed by atoms with Gasteiger partial charge < -0.3 is 20.3 Å². The Kier molecular flexibility index (Phi) is 5.45. The molecule has 6 nitrogen and oxygen atoms in total. The van der Waals surface area contributed by atoms with E-state index in [9.17, 15) is 9.59 Å². The minimum absolute atomic E-state index is 0.0502. The normalized spacial score (nSPS) is 22.7. The van der Waals surface area contributed by atoms with E-state index in [1.807, 2.05) is 13.8 Å². The summed E-state index contributed by atoms with van der Waals surface area (Å²) in [5.41, 5.74) is -0.307. The quantitative estimate of drug-likeness (QED) is 0.824. The predicted molar refractivity (Wildman–Crippen MR) is 80.0 cm³/mol. The lowest BCUT2D eigenvalue weighted by molar-refractivity contribution is -0.144. The van der Waals surface area contributed by atoms with Gasteiger partial charge in [-0.3, -0.25) is 4.79 Å². The summed E-state index contributed by atoms with van der Waals surface area (Å²) < 4.78 is 5.58. The van der Waals surface area contributed by atoms with Crippen molar-refractivity contribution in [2.45, 2.75) is 57.6 Å². The van der Waals surface area contributed by atoms with Crippen molar-refractivity contribution in [3.8, 4) is 0 Å². The minimum Gasteiger partial charge on any atom is -0.372 e. The summed E-state index contributed by atoms with van der Waals surface area (Å²) in [6.45, 7) is 5.69. The molecule has 1 aliphatic heterocycles. The number of morpholine rings is 1. The molecule has 0 unspecified atom stereocenters. The third-order valence-electron chi connectivity index (χ3n) is 4.12. The molecule has 0 bridgehead atoms. The first kappa shape index (κ1) is 16.1. The van der Waals surface area contributed by atoms with E-state index in [0.717, 1.165) is 12.8 Å². The van der Waals surface area contributed by atoms with Crippen LogP contribution in [0, 0.1) is 0 Å². The molecule has 2 fully saturated rings. The monoisotopic (exact) mass is 297 g/mol. The number of nitrogens with one attached hydrogen (secondary N) is 2. The van der Waals surface area contributed by atoms with Crippen LogP contribution in [-0.4, -0.2) is 54.7 Å². The Morgan fingerprint density at radius 3 is 2.62 bits per heavy atom. The molecule has 0 aromatic heterocycles. The lowest BCUT2D eigenvalue weighted by atomic mass is 9.96. The van der Waals surface area contributed by atoms with Gasteiger partial charge in [0.2, 0.25) is 5.91 Å². The molecule has 0 spiro atoms. The fourth-order valence-electron chi connectivity index (χ4n) is 2.98. The number of hydrogen-bond acceptors (Lipinski definition) is 3. The molecular formula is C15H27N3O3. The molecule has 21 heavy (non-hydrogen) atoms. The number of urea groups is 1. The maximum Gasteiger partial charge on any atom is 0.315 e. The van der Waals surface area contributed by atoms with Gasteiger partial charge in [0.1, 0.15) is 0 Å². The van der Waals surface area contributed by atoms with E-state index in [1.54, 1.807) is 4.90 Å². The molecule has 1 aliphatic carbocycles. The first-order valence-corrected chi connectivity index (χ1v) is 7.92. The van der Waals surface area contributed by atoms with Crippen LogP contribution in [0.3, 0.4) is 0 Å². The molecule has 120 valence electrons. The fourth-order valence-corrected chi connectivity index (χ4v) is 2.98. The maximum atomic E-state index is 12.1. The minimum atomic E-state index is -0.307. The summed E-state index contributed by atoms with van der Waals surface area (Å²) in [6.07, 6.45) is 5.68. The highest BCUT2D eigenvalue weighted by molar-refractivity contribution is 5.84. The largest absolute Gasteiger partial charge is 0.372 e. The highest BCUT2D eigenvalue weighted by Crippen LogP contribution is 2.17. The number of ether oxygens (including phenoxy) is 1. The second-order valence-corrected chi connectivity index (χ2v) is 6.59. The predicted octanol–water partition coefficient (Wildman–Crippen LogP) is 1.26. The Morgan fingerprint density at radius 2 is 1.95 bits per heavy atom. The molecule has 2 N–H and O–H groups in total. The number of rotatable bonds is 3. The Bertz CT molecular complexity index is 378. The topological polar surface area (TPSA) is 70.7 Å². The van der Waals surface area contributed by atoms with Gasteiger partial charge in [0.05, 0.1) is 18.8 Å². The number of nitrogens with zero attached hydrogens (tertiary/aromatic N) is 1. The second kappa shape index (κ2) is 7.11. The van der Waals surface area contributed by atoms with E-state index in [4.69, 9.17) is 4.74 Å². The fraction of sp³-hybridized carbons (Fsp3) is 0.867. The first-order valence-electron chi connectivity index (χ1n) is 7.92. The molecular weight excluding hydrogens is 270 g/mol. The lowest BCUT2D eigenvalue weighted by Gasteiger charge is -2.38. The number of carbonyl (C=O) groups excluding carboxylic acids is 2. The van der Waals surface area contributed by atoms with Crippen LogP contribution in [0.2, 0.25) is 0 Å². The number of hydrogen-bond donors (Lipinski definition) is 2. The van der Waals surface area contributed by atoms with Crippen molar-refractivity contribution in [1.82, 2.24) is 15.5 Å². The van der Waals surface area contributed by atoms with Gasteiger partial charge in [0.25, 0.3) is 0 Å². The summed E-state index contributed by atoms with van der Waals surface area (Å²) in [7, 11) is 0. The molecule has 1 saturated carbocycles. The Hall–Kier alpha value is -1.30. The van der Waals surface area contributed by atoms with Gasteiger partial charge in [0, 0.05) is 19.1 Å². The van der Waals surface area contributed by atoms with Gasteiger partial charge in [-0.05, 0) is 26.7 Å². The Labute approximate surface area is 126 Å². The van der Waals surface area contributed by atoms with Crippen LogP contribution in [0.25, 0.3) is 0 Å². The smallest absolute Gasteiger partial charge is 0.315 e. The molecule has 0 radical (unpaired) electrons. The van der Waals surface area contributed by atoms with Crippen molar-refractivity contribution in [1.29, 1.82) is 0 Å². The van der Waals surface area contributed by atoms with Crippen LogP contribution in [0.4, 0.5) is 4.79 Å². The van der Waals surface area contributed by atoms with Crippen LogP contribution in [0.5, 0.6) is 0 Å². The van der Waals surface area contributed by atoms with Crippen LogP contribution in [-0.2, 0) is 9.53 Å². The average Bonchev–Trinajstić information content (AvgIpc) is 2.45. The average molecular weight is 297 g/mol. The van der Waals surface area contributed by atoms with E-state index in [1.165, 1.54) is 19.3 Å². The molecule has 6 heteroatoms. The van der Waals surface area contributed by atoms with Crippen LogP contribution >= 0.6 is 0 Å². The zero-order valence-electron chi connectivity index (χ0n) is 13.1. The highest BCUT2D eigenvalue weighted by Gasteiger charge is 2.29. The molecule has 0 aromatic carbocycles. The van der Waals surface area contributed by atoms with Crippen LogP contribution in [0.15, 0.2) is 0 Å². The van der Waals surface area contributed by atoms with E-state index in [-0.39, 0.29) is 30.1 Å². The van der Waals surface area contributed by atoms with Gasteiger partial charge in [-0.1, -0.05) is 19.3 Å². The maximum absolute atomic E-state index is 12.1. The van der Waals surface area contributed by atoms with Crippen molar-refractivity contribution in [2.75, 3.05) is 26.2 Å². The van der Waals surface area contributed by atoms with Crippen molar-refractivity contribution >= 4 is 11.9 Å². The third-order valence-corrected chi connectivity index (χ3v) is 4.12. The van der Waals surface area contributed by atoms with E-state index in [2.05, 4.69) is 10.6 Å². The molecule has 0 aromatic rings. The van der Waals surface area contributed by atoms with E-state index >= 15 is 0 Å². The standard InChI is InChI=1S/C15H27N3O3/c1-15(2)11-18(8-9-21-15)13(19)10-16-14(20)17-12-6-4-3-5-7-12/h12H,3-11H2,1-2H3,(H2,16,17,20). The summed E-state index contributed by atoms with van der Waals surface area (Å²) in [6, 6.07) is 0.0268. The van der Waals surface area contributed by atoms with E-state index < -0.39 is 0 Å². The highest BCUT2D eigenvalue weighted by atomic mass is 16.5. The van der Waals surface area contributed by atoms with Gasteiger partial charge in [0.15, 0.2) is 0 Å². The SMILES string of the molecule is CC1(C)CN(C(=O)CNC(=O)NC2CCCCC2)CCO1. The van der Waals surface area contributed by atoms with Crippen molar-refractivity contribution < 1.29 is 14.3 Å². The number of amides is 3. The zero-order valence-corrected chi connectivity index (χ0v) is 13.1.